The Kier molecular flexibility index (Phi) is 7.39. The fourth-order valence-corrected chi connectivity index (χ4v) is 6.34. The number of carbonyl (C=O) groups excluding carboxylic acids is 2. The molecule has 2 aliphatic heterocycles. The van der Waals surface area contributed by atoms with Crippen molar-refractivity contribution < 1.29 is 14.3 Å². The SMILES string of the molecule is COc1cccc(C(=O)N2CCN(C(=O)CCN3CCc4sccc4[C@H]3c3ccccc3)C[C@H]2C)c1. The van der Waals surface area contributed by atoms with E-state index in [9.17, 15) is 9.59 Å². The maximum Gasteiger partial charge on any atom is 0.254 e. The zero-order valence-corrected chi connectivity index (χ0v) is 21.7. The Hall–Kier alpha value is -3.16. The number of methoxy groups -OCH3 is 1. The number of thiophene rings is 1. The largest absolute Gasteiger partial charge is 0.497 e. The van der Waals surface area contributed by atoms with Crippen molar-refractivity contribution >= 4 is 23.2 Å². The molecule has 0 N–H and O–H groups in total. The van der Waals surface area contributed by atoms with Crippen LogP contribution in [0.5, 0.6) is 5.75 Å². The van der Waals surface area contributed by atoms with E-state index in [1.807, 2.05) is 46.3 Å². The zero-order valence-electron chi connectivity index (χ0n) is 20.9. The standard InChI is InChI=1S/C29H33N3O3S/c1-21-20-31(16-17-32(21)29(34)23-9-6-10-24(19-23)35-2)27(33)12-15-30-14-11-26-25(13-18-36-26)28(30)22-7-4-3-5-8-22/h3-10,13,18-19,21,28H,11-12,14-17,20H2,1-2H3/t21-,28-/m1/s1. The summed E-state index contributed by atoms with van der Waals surface area (Å²) in [5.41, 5.74) is 3.27. The lowest BCUT2D eigenvalue weighted by molar-refractivity contribution is -0.134. The van der Waals surface area contributed by atoms with E-state index >= 15 is 0 Å². The molecular weight excluding hydrogens is 470 g/mol. The van der Waals surface area contributed by atoms with Gasteiger partial charge in [-0.2, -0.15) is 0 Å². The number of hydrogen-bond donors (Lipinski definition) is 0. The first kappa shape index (κ1) is 24.5. The van der Waals surface area contributed by atoms with Crippen LogP contribution in [0.1, 0.15) is 45.7 Å². The van der Waals surface area contributed by atoms with E-state index in [1.54, 1.807) is 13.2 Å². The molecule has 2 amide bonds. The Morgan fingerprint density at radius 3 is 2.64 bits per heavy atom. The number of amides is 2. The number of benzene rings is 2. The highest BCUT2D eigenvalue weighted by Gasteiger charge is 2.32. The van der Waals surface area contributed by atoms with Gasteiger partial charge in [-0.05, 0) is 54.1 Å². The van der Waals surface area contributed by atoms with Gasteiger partial charge >= 0.3 is 0 Å². The summed E-state index contributed by atoms with van der Waals surface area (Å²) in [5, 5.41) is 2.18. The lowest BCUT2D eigenvalue weighted by Gasteiger charge is -2.41. The predicted molar refractivity (Wildman–Crippen MR) is 143 cm³/mol. The highest BCUT2D eigenvalue weighted by atomic mass is 32.1. The van der Waals surface area contributed by atoms with Crippen LogP contribution in [0, 0.1) is 0 Å². The van der Waals surface area contributed by atoms with Crippen molar-refractivity contribution in [1.29, 1.82) is 0 Å². The summed E-state index contributed by atoms with van der Waals surface area (Å²) < 4.78 is 5.27. The lowest BCUT2D eigenvalue weighted by atomic mass is 9.93. The van der Waals surface area contributed by atoms with Gasteiger partial charge in [-0.25, -0.2) is 0 Å². The second kappa shape index (κ2) is 10.8. The van der Waals surface area contributed by atoms with Crippen LogP contribution in [0.4, 0.5) is 0 Å². The van der Waals surface area contributed by atoms with E-state index in [1.165, 1.54) is 16.0 Å². The minimum absolute atomic E-state index is 0.0147. The Morgan fingerprint density at radius 1 is 1.03 bits per heavy atom. The summed E-state index contributed by atoms with van der Waals surface area (Å²) in [5.74, 6) is 0.820. The molecule has 2 atom stereocenters. The van der Waals surface area contributed by atoms with Gasteiger partial charge in [-0.3, -0.25) is 14.5 Å². The predicted octanol–water partition coefficient (Wildman–Crippen LogP) is 4.47. The van der Waals surface area contributed by atoms with Gasteiger partial charge in [0.15, 0.2) is 0 Å². The highest BCUT2D eigenvalue weighted by molar-refractivity contribution is 7.10. The van der Waals surface area contributed by atoms with Crippen LogP contribution in [0.25, 0.3) is 0 Å². The van der Waals surface area contributed by atoms with E-state index in [2.05, 4.69) is 46.7 Å². The second-order valence-electron chi connectivity index (χ2n) is 9.57. The van der Waals surface area contributed by atoms with Crippen LogP contribution in [-0.4, -0.2) is 72.4 Å². The zero-order chi connectivity index (χ0) is 25.1. The monoisotopic (exact) mass is 503 g/mol. The van der Waals surface area contributed by atoms with Gasteiger partial charge in [0.2, 0.25) is 5.91 Å². The molecule has 1 fully saturated rings. The summed E-state index contributed by atoms with van der Waals surface area (Å²) in [6.07, 6.45) is 1.52. The van der Waals surface area contributed by atoms with Gasteiger partial charge < -0.3 is 14.5 Å². The van der Waals surface area contributed by atoms with Gasteiger partial charge in [0.25, 0.3) is 5.91 Å². The van der Waals surface area contributed by atoms with E-state index in [-0.39, 0.29) is 23.9 Å². The van der Waals surface area contributed by atoms with E-state index in [0.29, 0.717) is 37.4 Å². The molecule has 0 saturated carbocycles. The lowest BCUT2D eigenvalue weighted by Crippen LogP contribution is -2.55. The molecule has 36 heavy (non-hydrogen) atoms. The van der Waals surface area contributed by atoms with Gasteiger partial charge in [0.1, 0.15) is 5.75 Å². The number of fused-ring (bicyclic) bond motifs is 1. The Morgan fingerprint density at radius 2 is 1.86 bits per heavy atom. The summed E-state index contributed by atoms with van der Waals surface area (Å²) >= 11 is 1.83. The molecule has 0 unspecified atom stereocenters. The van der Waals surface area contributed by atoms with Crippen molar-refractivity contribution in [1.82, 2.24) is 14.7 Å². The third kappa shape index (κ3) is 5.04. The molecule has 188 valence electrons. The average Bonchev–Trinajstić information content (AvgIpc) is 3.40. The quantitative estimate of drug-likeness (QED) is 0.498. The number of rotatable bonds is 6. The number of nitrogens with zero attached hydrogens (tertiary/aromatic N) is 3. The van der Waals surface area contributed by atoms with Crippen LogP contribution in [0.2, 0.25) is 0 Å². The minimum atomic E-state index is -0.0400. The number of ether oxygens (including phenoxy) is 1. The van der Waals surface area contributed by atoms with E-state index in [0.717, 1.165) is 19.5 Å². The van der Waals surface area contributed by atoms with Crippen LogP contribution in [-0.2, 0) is 11.2 Å². The van der Waals surface area contributed by atoms with Gasteiger partial charge in [0.05, 0.1) is 13.2 Å². The maximum absolute atomic E-state index is 13.2. The van der Waals surface area contributed by atoms with Gasteiger partial charge in [-0.1, -0.05) is 36.4 Å². The van der Waals surface area contributed by atoms with Crippen molar-refractivity contribution in [3.8, 4) is 5.75 Å². The van der Waals surface area contributed by atoms with E-state index < -0.39 is 0 Å². The molecule has 0 bridgehead atoms. The molecule has 5 rings (SSSR count). The topological polar surface area (TPSA) is 53.1 Å². The molecule has 1 saturated heterocycles. The molecule has 7 heteroatoms. The van der Waals surface area contributed by atoms with Crippen LogP contribution in [0.15, 0.2) is 66.0 Å². The Bertz CT molecular complexity index is 1210. The molecule has 3 aromatic rings. The Labute approximate surface area is 217 Å². The third-order valence-electron chi connectivity index (χ3n) is 7.35. The highest BCUT2D eigenvalue weighted by Crippen LogP contribution is 2.37. The fourth-order valence-electron chi connectivity index (χ4n) is 5.44. The van der Waals surface area contributed by atoms with Crippen LogP contribution >= 0.6 is 11.3 Å². The molecule has 3 heterocycles. The summed E-state index contributed by atoms with van der Waals surface area (Å²) in [6, 6.07) is 20.3. The van der Waals surface area contributed by atoms with Crippen molar-refractivity contribution in [3.05, 3.63) is 87.6 Å². The summed E-state index contributed by atoms with van der Waals surface area (Å²) in [6.45, 7) is 5.37. The molecule has 0 aliphatic carbocycles. The first-order chi connectivity index (χ1) is 17.5. The third-order valence-corrected chi connectivity index (χ3v) is 8.35. The maximum atomic E-state index is 13.2. The summed E-state index contributed by atoms with van der Waals surface area (Å²) in [4.78, 5) is 34.0. The summed E-state index contributed by atoms with van der Waals surface area (Å²) in [7, 11) is 1.60. The molecule has 2 aliphatic rings. The van der Waals surface area contributed by atoms with Crippen molar-refractivity contribution in [3.63, 3.8) is 0 Å². The molecule has 0 spiro atoms. The first-order valence-corrected chi connectivity index (χ1v) is 13.5. The number of piperazine rings is 1. The molecule has 1 aromatic heterocycles. The van der Waals surface area contributed by atoms with Gasteiger partial charge in [-0.15, -0.1) is 11.3 Å². The smallest absolute Gasteiger partial charge is 0.254 e. The van der Waals surface area contributed by atoms with Crippen LogP contribution < -0.4 is 4.74 Å². The van der Waals surface area contributed by atoms with Crippen molar-refractivity contribution in [2.24, 2.45) is 0 Å². The van der Waals surface area contributed by atoms with Crippen molar-refractivity contribution in [2.45, 2.75) is 31.8 Å². The van der Waals surface area contributed by atoms with Crippen molar-refractivity contribution in [2.75, 3.05) is 39.8 Å². The normalized spacial score (nSPS) is 20.2. The number of hydrogen-bond acceptors (Lipinski definition) is 5. The fraction of sp³-hybridized carbons (Fsp3) is 0.379. The average molecular weight is 504 g/mol. The Balaban J connectivity index is 1.20. The first-order valence-electron chi connectivity index (χ1n) is 12.6. The molecular formula is C29H33N3O3S. The minimum Gasteiger partial charge on any atom is -0.497 e. The van der Waals surface area contributed by atoms with Gasteiger partial charge in [0, 0.05) is 55.6 Å². The molecule has 6 nitrogen and oxygen atoms in total. The molecule has 0 radical (unpaired) electrons. The second-order valence-corrected chi connectivity index (χ2v) is 10.6. The molecule has 2 aromatic carbocycles. The van der Waals surface area contributed by atoms with Crippen LogP contribution in [0.3, 0.4) is 0 Å². The van der Waals surface area contributed by atoms with E-state index in [4.69, 9.17) is 4.74 Å². The number of carbonyl (C=O) groups is 2.